The van der Waals surface area contributed by atoms with E-state index in [1.807, 2.05) is 19.0 Å². The topological polar surface area (TPSA) is 48.4 Å². The lowest BCUT2D eigenvalue weighted by molar-refractivity contribution is 0.248. The first-order valence-corrected chi connectivity index (χ1v) is 9.38. The van der Waals surface area contributed by atoms with Crippen LogP contribution >= 0.6 is 0 Å². The number of hydrogen-bond donors (Lipinski definition) is 0. The molecule has 1 aromatic heterocycles. The second kappa shape index (κ2) is 7.99. The highest BCUT2D eigenvalue weighted by Crippen LogP contribution is 2.19. The van der Waals surface area contributed by atoms with Crippen LogP contribution in [0.4, 0.5) is 11.9 Å². The molecule has 6 heteroatoms. The first-order chi connectivity index (χ1) is 12.4. The Balaban J connectivity index is 1.67. The van der Waals surface area contributed by atoms with Crippen molar-refractivity contribution in [3.8, 4) is 0 Å². The molecule has 3 rings (SSSR count). The number of benzene rings is 1. The van der Waals surface area contributed by atoms with E-state index in [1.54, 1.807) is 0 Å². The van der Waals surface area contributed by atoms with Crippen LogP contribution in [0.25, 0.3) is 0 Å². The molecule has 1 aromatic carbocycles. The van der Waals surface area contributed by atoms with Crippen LogP contribution in [0.15, 0.2) is 24.3 Å². The van der Waals surface area contributed by atoms with Crippen molar-refractivity contribution in [2.45, 2.75) is 33.2 Å². The van der Waals surface area contributed by atoms with Crippen LogP contribution in [0, 0.1) is 6.92 Å². The normalized spacial score (nSPS) is 15.5. The molecule has 0 spiro atoms. The van der Waals surface area contributed by atoms with E-state index < -0.39 is 0 Å². The molecule has 0 unspecified atom stereocenters. The lowest BCUT2D eigenvalue weighted by atomic mass is 10.1. The van der Waals surface area contributed by atoms with Crippen molar-refractivity contribution >= 4 is 11.9 Å². The maximum absolute atomic E-state index is 4.72. The lowest BCUT2D eigenvalue weighted by Gasteiger charge is -2.35. The van der Waals surface area contributed by atoms with Crippen molar-refractivity contribution in [2.24, 2.45) is 0 Å². The zero-order chi connectivity index (χ0) is 18.7. The Morgan fingerprint density at radius 1 is 1.04 bits per heavy atom. The van der Waals surface area contributed by atoms with Gasteiger partial charge in [0, 0.05) is 52.7 Å². The van der Waals surface area contributed by atoms with E-state index >= 15 is 0 Å². The molecule has 26 heavy (non-hydrogen) atoms. The van der Waals surface area contributed by atoms with Crippen molar-refractivity contribution in [1.82, 2.24) is 19.9 Å². The van der Waals surface area contributed by atoms with Gasteiger partial charge < -0.3 is 9.80 Å². The fourth-order valence-corrected chi connectivity index (χ4v) is 3.14. The zero-order valence-electron chi connectivity index (χ0n) is 16.6. The molecule has 6 nitrogen and oxygen atoms in total. The van der Waals surface area contributed by atoms with E-state index in [0.29, 0.717) is 0 Å². The monoisotopic (exact) mass is 354 g/mol. The number of hydrogen-bond acceptors (Lipinski definition) is 6. The summed E-state index contributed by atoms with van der Waals surface area (Å²) in [5, 5.41) is 0. The van der Waals surface area contributed by atoms with Gasteiger partial charge in [-0.25, -0.2) is 0 Å². The van der Waals surface area contributed by atoms with Crippen LogP contribution < -0.4 is 9.80 Å². The predicted molar refractivity (Wildman–Crippen MR) is 107 cm³/mol. The molecule has 2 heterocycles. The van der Waals surface area contributed by atoms with Gasteiger partial charge in [0.1, 0.15) is 5.82 Å². The van der Waals surface area contributed by atoms with Crippen LogP contribution in [-0.4, -0.2) is 60.1 Å². The van der Waals surface area contributed by atoms with Crippen LogP contribution in [0.3, 0.4) is 0 Å². The van der Waals surface area contributed by atoms with Crippen molar-refractivity contribution in [1.29, 1.82) is 0 Å². The Bertz CT molecular complexity index is 709. The Morgan fingerprint density at radius 2 is 1.77 bits per heavy atom. The minimum absolute atomic E-state index is 0.290. The van der Waals surface area contributed by atoms with E-state index in [2.05, 4.69) is 64.8 Å². The molecule has 2 aromatic rings. The smallest absolute Gasteiger partial charge is 0.230 e. The van der Waals surface area contributed by atoms with E-state index in [-0.39, 0.29) is 5.92 Å². The van der Waals surface area contributed by atoms with Gasteiger partial charge in [0.05, 0.1) is 0 Å². The second-order valence-corrected chi connectivity index (χ2v) is 7.59. The van der Waals surface area contributed by atoms with Crippen LogP contribution in [-0.2, 0) is 6.54 Å². The molecule has 0 N–H and O–H groups in total. The van der Waals surface area contributed by atoms with Crippen molar-refractivity contribution in [3.63, 3.8) is 0 Å². The summed E-state index contributed by atoms with van der Waals surface area (Å²) in [6.45, 7) is 11.3. The van der Waals surface area contributed by atoms with Gasteiger partial charge in [-0.1, -0.05) is 43.7 Å². The Hall–Kier alpha value is -2.21. The summed E-state index contributed by atoms with van der Waals surface area (Å²) in [4.78, 5) is 20.7. The maximum atomic E-state index is 4.72. The third-order valence-electron chi connectivity index (χ3n) is 4.69. The van der Waals surface area contributed by atoms with Gasteiger partial charge in [-0.05, 0) is 12.5 Å². The third-order valence-corrected chi connectivity index (χ3v) is 4.69. The highest BCUT2D eigenvalue weighted by Gasteiger charge is 2.21. The minimum Gasteiger partial charge on any atom is -0.347 e. The van der Waals surface area contributed by atoms with Crippen molar-refractivity contribution in [2.75, 3.05) is 50.1 Å². The summed E-state index contributed by atoms with van der Waals surface area (Å²) in [6, 6.07) is 8.78. The second-order valence-electron chi connectivity index (χ2n) is 7.59. The number of piperazine rings is 1. The Morgan fingerprint density at radius 3 is 2.38 bits per heavy atom. The largest absolute Gasteiger partial charge is 0.347 e. The van der Waals surface area contributed by atoms with Crippen LogP contribution in [0.5, 0.6) is 0 Å². The Labute approximate surface area is 156 Å². The van der Waals surface area contributed by atoms with E-state index in [1.165, 1.54) is 11.1 Å². The van der Waals surface area contributed by atoms with Crippen LogP contribution in [0.1, 0.15) is 36.7 Å². The molecule has 0 radical (unpaired) electrons. The average molecular weight is 355 g/mol. The first-order valence-electron chi connectivity index (χ1n) is 9.38. The van der Waals surface area contributed by atoms with Crippen molar-refractivity contribution < 1.29 is 0 Å². The minimum atomic E-state index is 0.290. The highest BCUT2D eigenvalue weighted by molar-refractivity contribution is 5.39. The van der Waals surface area contributed by atoms with E-state index in [0.717, 1.165) is 50.4 Å². The standard InChI is InChI=1S/C20H30N6/c1-15(2)18-21-19(24(4)5)23-20(22-18)26-11-9-25(10-12-26)14-17-8-6-7-16(3)13-17/h6-8,13,15H,9-12,14H2,1-5H3. The molecule has 1 saturated heterocycles. The summed E-state index contributed by atoms with van der Waals surface area (Å²) in [5.41, 5.74) is 2.71. The molecular formula is C20H30N6. The molecule has 140 valence electrons. The molecule has 1 aliphatic rings. The fourth-order valence-electron chi connectivity index (χ4n) is 3.14. The van der Waals surface area contributed by atoms with Crippen LogP contribution in [0.2, 0.25) is 0 Å². The zero-order valence-corrected chi connectivity index (χ0v) is 16.6. The lowest BCUT2D eigenvalue weighted by Crippen LogP contribution is -2.46. The predicted octanol–water partition coefficient (Wildman–Crippen LogP) is 2.69. The van der Waals surface area contributed by atoms with Gasteiger partial charge in [0.15, 0.2) is 0 Å². The Kier molecular flexibility index (Phi) is 5.71. The molecule has 1 aliphatic heterocycles. The molecule has 0 aliphatic carbocycles. The first kappa shape index (κ1) is 18.6. The van der Waals surface area contributed by atoms with E-state index in [9.17, 15) is 0 Å². The van der Waals surface area contributed by atoms with Gasteiger partial charge in [-0.15, -0.1) is 0 Å². The van der Waals surface area contributed by atoms with Crippen molar-refractivity contribution in [3.05, 3.63) is 41.2 Å². The highest BCUT2D eigenvalue weighted by atomic mass is 15.4. The average Bonchev–Trinajstić information content (AvgIpc) is 2.62. The number of anilines is 2. The molecule has 0 atom stereocenters. The number of aryl methyl sites for hydroxylation is 1. The van der Waals surface area contributed by atoms with Gasteiger partial charge in [-0.2, -0.15) is 15.0 Å². The fraction of sp³-hybridized carbons (Fsp3) is 0.550. The van der Waals surface area contributed by atoms with E-state index in [4.69, 9.17) is 4.98 Å². The summed E-state index contributed by atoms with van der Waals surface area (Å²) < 4.78 is 0. The number of aromatic nitrogens is 3. The van der Waals surface area contributed by atoms with Gasteiger partial charge in [-0.3, -0.25) is 4.90 Å². The summed E-state index contributed by atoms with van der Waals surface area (Å²) in [6.07, 6.45) is 0. The molecule has 0 amide bonds. The molecule has 1 fully saturated rings. The SMILES string of the molecule is Cc1cccc(CN2CCN(c3nc(C(C)C)nc(N(C)C)n3)CC2)c1. The summed E-state index contributed by atoms with van der Waals surface area (Å²) in [5.74, 6) is 2.70. The summed E-state index contributed by atoms with van der Waals surface area (Å²) >= 11 is 0. The number of nitrogens with zero attached hydrogens (tertiary/aromatic N) is 6. The molecule has 0 bridgehead atoms. The van der Waals surface area contributed by atoms with Gasteiger partial charge in [0.2, 0.25) is 11.9 Å². The molecular weight excluding hydrogens is 324 g/mol. The number of rotatable bonds is 5. The van der Waals surface area contributed by atoms with Gasteiger partial charge >= 0.3 is 0 Å². The molecule has 0 saturated carbocycles. The third kappa shape index (κ3) is 4.49. The summed E-state index contributed by atoms with van der Waals surface area (Å²) in [7, 11) is 3.95. The quantitative estimate of drug-likeness (QED) is 0.823. The maximum Gasteiger partial charge on any atom is 0.230 e. The van der Waals surface area contributed by atoms with Gasteiger partial charge in [0.25, 0.3) is 0 Å².